The molecule has 310 valence electrons. The van der Waals surface area contributed by atoms with Crippen molar-refractivity contribution in [1.29, 1.82) is 0 Å². The SMILES string of the molecule is O=C(Cn1nc(C(F)(F)F)c2c1C(F)(F)[C@@H]1C#C[C@H]21)N[C@@H](Cc1cc(F)cc(F)c1)c1nc2nc(-c3ccc(N4CCOCC4)cc3)sc2cc1-c1ccc2c(c1)C(=O)NC2. The van der Waals surface area contributed by atoms with E-state index in [4.69, 9.17) is 14.7 Å². The van der Waals surface area contributed by atoms with E-state index in [1.54, 1.807) is 24.3 Å². The Balaban J connectivity index is 1.07. The number of ether oxygens (including phenoxy) is 1. The van der Waals surface area contributed by atoms with Crippen LogP contribution in [0.3, 0.4) is 0 Å². The van der Waals surface area contributed by atoms with Crippen molar-refractivity contribution >= 4 is 39.2 Å². The van der Waals surface area contributed by atoms with Crippen LogP contribution in [0.4, 0.5) is 36.4 Å². The molecule has 1 saturated heterocycles. The minimum absolute atomic E-state index is 0.0721. The molecule has 3 aromatic heterocycles. The Morgan fingerprint density at radius 2 is 1.70 bits per heavy atom. The molecule has 0 radical (unpaired) electrons. The minimum Gasteiger partial charge on any atom is -0.378 e. The molecule has 5 heterocycles. The Hall–Kier alpha value is -6.32. The van der Waals surface area contributed by atoms with Crippen molar-refractivity contribution in [3.8, 4) is 33.5 Å². The molecule has 6 aromatic rings. The van der Waals surface area contributed by atoms with E-state index in [0.29, 0.717) is 56.9 Å². The lowest BCUT2D eigenvalue weighted by atomic mass is 9.84. The molecule has 61 heavy (non-hydrogen) atoms. The third-order valence-electron chi connectivity index (χ3n) is 11.3. The number of amides is 2. The third kappa shape index (κ3) is 6.85. The van der Waals surface area contributed by atoms with Gasteiger partial charge in [-0.1, -0.05) is 24.0 Å². The molecule has 2 aliphatic heterocycles. The van der Waals surface area contributed by atoms with Crippen molar-refractivity contribution in [2.75, 3.05) is 31.2 Å². The van der Waals surface area contributed by atoms with Gasteiger partial charge in [-0.25, -0.2) is 18.7 Å². The molecular formula is C43H30F7N7O3S. The number of halogens is 7. The number of pyridine rings is 1. The maximum atomic E-state index is 15.6. The van der Waals surface area contributed by atoms with Crippen LogP contribution in [-0.4, -0.2) is 57.9 Å². The Kier molecular flexibility index (Phi) is 9.18. The van der Waals surface area contributed by atoms with Gasteiger partial charge in [0.15, 0.2) is 11.3 Å². The van der Waals surface area contributed by atoms with Crippen LogP contribution in [0.5, 0.6) is 0 Å². The summed E-state index contributed by atoms with van der Waals surface area (Å²) < 4.78 is 109. The summed E-state index contributed by atoms with van der Waals surface area (Å²) >= 11 is 1.33. The highest BCUT2D eigenvalue weighted by Crippen LogP contribution is 2.58. The number of nitrogens with one attached hydrogen (secondary N) is 2. The number of anilines is 1. The molecule has 0 unspecified atom stereocenters. The summed E-state index contributed by atoms with van der Waals surface area (Å²) in [6.45, 7) is 1.99. The second-order valence-corrected chi connectivity index (χ2v) is 16.2. The number of carbonyl (C=O) groups is 2. The Morgan fingerprint density at radius 1 is 0.967 bits per heavy atom. The van der Waals surface area contributed by atoms with Crippen LogP contribution in [0.25, 0.3) is 32.0 Å². The van der Waals surface area contributed by atoms with Gasteiger partial charge in [0.1, 0.15) is 34.8 Å². The lowest BCUT2D eigenvalue weighted by Crippen LogP contribution is -2.36. The molecule has 0 spiro atoms. The topological polar surface area (TPSA) is 114 Å². The average molecular weight is 858 g/mol. The molecule has 18 heteroatoms. The van der Waals surface area contributed by atoms with Gasteiger partial charge in [0.2, 0.25) is 5.91 Å². The van der Waals surface area contributed by atoms with E-state index in [1.807, 2.05) is 24.3 Å². The molecule has 0 bridgehead atoms. The zero-order valence-corrected chi connectivity index (χ0v) is 32.4. The minimum atomic E-state index is -5.11. The molecule has 3 atom stereocenters. The van der Waals surface area contributed by atoms with E-state index >= 15 is 8.78 Å². The highest BCUT2D eigenvalue weighted by atomic mass is 32.1. The molecule has 2 amide bonds. The van der Waals surface area contributed by atoms with E-state index in [2.05, 4.69) is 32.5 Å². The van der Waals surface area contributed by atoms with Crippen LogP contribution < -0.4 is 15.5 Å². The number of nitrogens with zero attached hydrogens (tertiary/aromatic N) is 5. The summed E-state index contributed by atoms with van der Waals surface area (Å²) in [5.74, 6) is -5.47. The first-order valence-electron chi connectivity index (χ1n) is 19.2. The number of rotatable bonds is 9. The van der Waals surface area contributed by atoms with Crippen molar-refractivity contribution in [3.05, 3.63) is 118 Å². The Bertz CT molecular complexity index is 2840. The summed E-state index contributed by atoms with van der Waals surface area (Å²) in [4.78, 5) is 38.8. The molecule has 2 aliphatic carbocycles. The third-order valence-corrected chi connectivity index (χ3v) is 12.4. The molecular weight excluding hydrogens is 828 g/mol. The van der Waals surface area contributed by atoms with Crippen LogP contribution in [0.15, 0.2) is 66.7 Å². The molecule has 2 N–H and O–H groups in total. The summed E-state index contributed by atoms with van der Waals surface area (Å²) in [6.07, 6.45) is -5.42. The highest BCUT2D eigenvalue weighted by molar-refractivity contribution is 7.21. The van der Waals surface area contributed by atoms with Gasteiger partial charge in [-0.3, -0.25) is 14.3 Å². The number of hydrogen-bond donors (Lipinski definition) is 2. The number of morpholine rings is 1. The quantitative estimate of drug-likeness (QED) is 0.114. The zero-order valence-electron chi connectivity index (χ0n) is 31.5. The Morgan fingerprint density at radius 3 is 2.41 bits per heavy atom. The summed E-state index contributed by atoms with van der Waals surface area (Å²) in [5, 5.41) is 9.55. The van der Waals surface area contributed by atoms with E-state index in [1.165, 1.54) is 11.3 Å². The highest BCUT2D eigenvalue weighted by Gasteiger charge is 2.62. The van der Waals surface area contributed by atoms with E-state index in [0.717, 1.165) is 42.0 Å². The van der Waals surface area contributed by atoms with E-state index < -0.39 is 71.0 Å². The summed E-state index contributed by atoms with van der Waals surface area (Å²) in [5.41, 5.74) is 0.911. The van der Waals surface area contributed by atoms with Gasteiger partial charge in [-0.2, -0.15) is 27.1 Å². The van der Waals surface area contributed by atoms with Crippen molar-refractivity contribution in [1.82, 2.24) is 30.4 Å². The van der Waals surface area contributed by atoms with Crippen molar-refractivity contribution in [2.24, 2.45) is 5.92 Å². The second-order valence-electron chi connectivity index (χ2n) is 15.2. The smallest absolute Gasteiger partial charge is 0.378 e. The number of benzene rings is 3. The lowest BCUT2D eigenvalue weighted by molar-refractivity contribution is -0.142. The van der Waals surface area contributed by atoms with Crippen LogP contribution in [-0.2, 0) is 41.1 Å². The van der Waals surface area contributed by atoms with E-state index in [9.17, 15) is 31.5 Å². The summed E-state index contributed by atoms with van der Waals surface area (Å²) in [6, 6.07) is 16.3. The normalized spacial score (nSPS) is 19.1. The predicted molar refractivity (Wildman–Crippen MR) is 209 cm³/mol. The van der Waals surface area contributed by atoms with Gasteiger partial charge in [-0.15, -0.1) is 11.3 Å². The van der Waals surface area contributed by atoms with Gasteiger partial charge >= 0.3 is 12.1 Å². The fourth-order valence-corrected chi connectivity index (χ4v) is 9.41. The van der Waals surface area contributed by atoms with Gasteiger partial charge in [0.25, 0.3) is 5.91 Å². The first kappa shape index (κ1) is 38.9. The Labute approximate surface area is 345 Å². The summed E-state index contributed by atoms with van der Waals surface area (Å²) in [7, 11) is 0. The van der Waals surface area contributed by atoms with Gasteiger partial charge in [0, 0.05) is 53.6 Å². The van der Waals surface area contributed by atoms with Crippen molar-refractivity contribution in [2.45, 2.75) is 43.6 Å². The van der Waals surface area contributed by atoms with Crippen LogP contribution in [0.2, 0.25) is 0 Å². The molecule has 0 saturated carbocycles. The standard InChI is InChI=1S/C43H30F7N7O3S/c44-25-13-21(14-26(45)17-25)15-32(52-34(58)20-57-38-35(37(55-57)43(48,49)50)28-7-8-31(28)42(38,46)47)36-29(23-1-2-24-19-51-40(59)30(24)16-23)18-33-39(53-36)54-41(61-33)22-3-5-27(6-4-22)56-9-11-60-12-10-56/h1-6,13-14,16-18,28,31-32H,9-12,15,19-20H2,(H,51,59)(H,52,58)/t28-,31+,32-/m0/s1. The van der Waals surface area contributed by atoms with Gasteiger partial charge < -0.3 is 20.3 Å². The first-order chi connectivity index (χ1) is 29.2. The predicted octanol–water partition coefficient (Wildman–Crippen LogP) is 7.52. The van der Waals surface area contributed by atoms with Crippen LogP contribution in [0.1, 0.15) is 56.1 Å². The lowest BCUT2D eigenvalue weighted by Gasteiger charge is -2.28. The number of aromatic nitrogens is 4. The maximum Gasteiger partial charge on any atom is 0.435 e. The number of carbonyl (C=O) groups excluding carboxylic acids is 2. The largest absolute Gasteiger partial charge is 0.435 e. The number of hydrogen-bond acceptors (Lipinski definition) is 8. The van der Waals surface area contributed by atoms with E-state index in [-0.39, 0.29) is 29.2 Å². The first-order valence-corrected chi connectivity index (χ1v) is 20.0. The zero-order chi connectivity index (χ0) is 42.4. The molecule has 3 aromatic carbocycles. The number of fused-ring (bicyclic) bond motifs is 5. The van der Waals surface area contributed by atoms with Gasteiger partial charge in [0.05, 0.1) is 35.6 Å². The molecule has 4 aliphatic rings. The second kappa shape index (κ2) is 14.4. The fraction of sp³-hybridized carbons (Fsp3) is 0.279. The van der Waals surface area contributed by atoms with Crippen molar-refractivity contribution in [3.63, 3.8) is 0 Å². The maximum absolute atomic E-state index is 15.6. The van der Waals surface area contributed by atoms with Crippen LogP contribution >= 0.6 is 11.3 Å². The molecule has 10 nitrogen and oxygen atoms in total. The van der Waals surface area contributed by atoms with Crippen molar-refractivity contribution < 1.29 is 45.1 Å². The van der Waals surface area contributed by atoms with Gasteiger partial charge in [-0.05, 0) is 71.6 Å². The van der Waals surface area contributed by atoms with Crippen LogP contribution in [0, 0.1) is 29.4 Å². The number of alkyl halides is 5. The fourth-order valence-electron chi connectivity index (χ4n) is 8.45. The molecule has 1 fully saturated rings. The average Bonchev–Trinajstić information content (AvgIpc) is 3.94. The monoisotopic (exact) mass is 857 g/mol. The molecule has 10 rings (SSSR count). The number of thiazole rings is 1.